The van der Waals surface area contributed by atoms with Crippen molar-refractivity contribution in [2.45, 2.75) is 20.3 Å². The van der Waals surface area contributed by atoms with E-state index in [2.05, 4.69) is 23.6 Å². The van der Waals surface area contributed by atoms with E-state index < -0.39 is 0 Å². The summed E-state index contributed by atoms with van der Waals surface area (Å²) in [4.78, 5) is 16.4. The summed E-state index contributed by atoms with van der Waals surface area (Å²) in [5.74, 6) is 0.411. The van der Waals surface area contributed by atoms with Crippen LogP contribution >= 0.6 is 0 Å². The van der Waals surface area contributed by atoms with Crippen molar-refractivity contribution in [3.63, 3.8) is 0 Å². The molecular weight excluding hydrogens is 328 g/mol. The summed E-state index contributed by atoms with van der Waals surface area (Å²) in [7, 11) is 3.38. The number of carbonyl (C=O) groups is 1. The molecule has 0 aliphatic rings. The molecule has 0 radical (unpaired) electrons. The largest absolute Gasteiger partial charge is 0.465 e. The Morgan fingerprint density at radius 2 is 2.04 bits per heavy atom. The summed E-state index contributed by atoms with van der Waals surface area (Å²) in [6.07, 6.45) is 1.06. The van der Waals surface area contributed by atoms with Crippen LogP contribution in [0.5, 0.6) is 0 Å². The van der Waals surface area contributed by atoms with Crippen molar-refractivity contribution in [3.8, 4) is 0 Å². The van der Waals surface area contributed by atoms with E-state index >= 15 is 0 Å². The molecule has 0 unspecified atom stereocenters. The third-order valence-corrected chi connectivity index (χ3v) is 4.35. The number of hydrogen-bond donors (Lipinski definition) is 2. The van der Waals surface area contributed by atoms with Crippen molar-refractivity contribution in [1.82, 2.24) is 9.55 Å². The Kier molecular flexibility index (Phi) is 5.11. The van der Waals surface area contributed by atoms with E-state index in [1.54, 1.807) is 6.07 Å². The monoisotopic (exact) mass is 352 g/mol. The Hall–Kier alpha value is -3.02. The third kappa shape index (κ3) is 3.35. The molecule has 0 saturated heterocycles. The number of imidazole rings is 1. The second-order valence-electron chi connectivity index (χ2n) is 6.24. The quantitative estimate of drug-likeness (QED) is 0.650. The summed E-state index contributed by atoms with van der Waals surface area (Å²) >= 11 is 0. The van der Waals surface area contributed by atoms with Crippen molar-refractivity contribution < 1.29 is 9.53 Å². The van der Waals surface area contributed by atoms with E-state index in [0.29, 0.717) is 5.56 Å². The minimum atomic E-state index is -0.339. The summed E-state index contributed by atoms with van der Waals surface area (Å²) in [5, 5.41) is 6.82. The number of aromatic nitrogens is 2. The number of aryl methyl sites for hydroxylation is 2. The second kappa shape index (κ2) is 7.47. The van der Waals surface area contributed by atoms with Gasteiger partial charge in [0.2, 0.25) is 5.95 Å². The number of ether oxygens (including phenoxy) is 1. The molecule has 0 atom stereocenters. The predicted molar refractivity (Wildman–Crippen MR) is 105 cm³/mol. The van der Waals surface area contributed by atoms with Crippen LogP contribution in [0.3, 0.4) is 0 Å². The van der Waals surface area contributed by atoms with Crippen LogP contribution < -0.4 is 10.6 Å². The van der Waals surface area contributed by atoms with Crippen molar-refractivity contribution in [1.29, 1.82) is 0 Å². The van der Waals surface area contributed by atoms with Crippen molar-refractivity contribution >= 4 is 34.3 Å². The number of carbonyl (C=O) groups excluding carboxylic acids is 1. The van der Waals surface area contributed by atoms with Gasteiger partial charge in [-0.3, -0.25) is 0 Å². The average molecular weight is 352 g/mol. The summed E-state index contributed by atoms with van der Waals surface area (Å²) in [6.45, 7) is 5.01. The zero-order valence-electron chi connectivity index (χ0n) is 15.6. The highest BCUT2D eigenvalue weighted by Gasteiger charge is 2.13. The first-order chi connectivity index (χ1) is 12.5. The van der Waals surface area contributed by atoms with Crippen LogP contribution in [0, 0.1) is 6.92 Å². The predicted octanol–water partition coefficient (Wildman–Crippen LogP) is 4.23. The first-order valence-electron chi connectivity index (χ1n) is 8.70. The molecule has 26 heavy (non-hydrogen) atoms. The van der Waals surface area contributed by atoms with Gasteiger partial charge in [0.15, 0.2) is 0 Å². The number of nitrogens with zero attached hydrogens (tertiary/aromatic N) is 2. The van der Waals surface area contributed by atoms with Gasteiger partial charge in [0.25, 0.3) is 0 Å². The number of hydrogen-bond acceptors (Lipinski definition) is 5. The fourth-order valence-electron chi connectivity index (χ4n) is 2.95. The van der Waals surface area contributed by atoms with Gasteiger partial charge in [-0.05, 0) is 49.2 Å². The molecule has 0 aliphatic heterocycles. The first-order valence-corrected chi connectivity index (χ1v) is 8.70. The highest BCUT2D eigenvalue weighted by Crippen LogP contribution is 2.28. The number of rotatable bonds is 6. The van der Waals surface area contributed by atoms with Gasteiger partial charge in [-0.1, -0.05) is 13.0 Å². The van der Waals surface area contributed by atoms with Crippen molar-refractivity contribution in [2.75, 3.05) is 24.3 Å². The lowest BCUT2D eigenvalue weighted by Gasteiger charge is -2.11. The van der Waals surface area contributed by atoms with Crippen LogP contribution in [0.4, 0.5) is 17.3 Å². The lowest BCUT2D eigenvalue weighted by molar-refractivity contribution is 0.0600. The Morgan fingerprint density at radius 3 is 2.73 bits per heavy atom. The number of esters is 1. The molecule has 0 amide bonds. The van der Waals surface area contributed by atoms with Gasteiger partial charge < -0.3 is 19.9 Å². The van der Waals surface area contributed by atoms with E-state index in [-0.39, 0.29) is 5.97 Å². The van der Waals surface area contributed by atoms with Crippen LogP contribution in [0.25, 0.3) is 11.0 Å². The van der Waals surface area contributed by atoms with Gasteiger partial charge in [-0.25, -0.2) is 9.78 Å². The van der Waals surface area contributed by atoms with Crippen LogP contribution in [0.1, 0.15) is 29.3 Å². The maximum atomic E-state index is 11.7. The second-order valence-corrected chi connectivity index (χ2v) is 6.24. The number of anilines is 3. The lowest BCUT2D eigenvalue weighted by atomic mass is 10.1. The molecule has 6 nitrogen and oxygen atoms in total. The van der Waals surface area contributed by atoms with Crippen LogP contribution in [-0.2, 0) is 11.8 Å². The molecule has 0 spiro atoms. The lowest BCUT2D eigenvalue weighted by Crippen LogP contribution is -2.05. The smallest absolute Gasteiger partial charge is 0.337 e. The molecule has 3 rings (SSSR count). The Morgan fingerprint density at radius 1 is 1.23 bits per heavy atom. The molecule has 1 heterocycles. The number of fused-ring (bicyclic) bond motifs is 1. The van der Waals surface area contributed by atoms with Gasteiger partial charge >= 0.3 is 5.97 Å². The van der Waals surface area contributed by atoms with Crippen LogP contribution in [-0.4, -0.2) is 29.2 Å². The minimum Gasteiger partial charge on any atom is -0.465 e. The van der Waals surface area contributed by atoms with Crippen molar-refractivity contribution in [3.05, 3.63) is 47.5 Å². The number of nitrogens with one attached hydrogen (secondary N) is 2. The molecule has 2 aromatic carbocycles. The number of methoxy groups -OCH3 is 1. The molecule has 0 saturated carbocycles. The summed E-state index contributed by atoms with van der Waals surface area (Å²) in [5.41, 5.74) is 5.45. The Bertz CT molecular complexity index is 946. The van der Waals surface area contributed by atoms with Gasteiger partial charge in [0.1, 0.15) is 0 Å². The topological polar surface area (TPSA) is 68.2 Å². The maximum Gasteiger partial charge on any atom is 0.337 e. The van der Waals surface area contributed by atoms with Crippen LogP contribution in [0.2, 0.25) is 0 Å². The van der Waals surface area contributed by atoms with Crippen LogP contribution in [0.15, 0.2) is 36.4 Å². The highest BCUT2D eigenvalue weighted by atomic mass is 16.5. The molecule has 0 aliphatic carbocycles. The molecule has 2 N–H and O–H groups in total. The number of para-hydroxylation sites is 1. The molecule has 1 aromatic heterocycles. The Balaban J connectivity index is 1.94. The summed E-state index contributed by atoms with van der Waals surface area (Å²) in [6, 6.07) is 11.5. The third-order valence-electron chi connectivity index (χ3n) is 4.35. The average Bonchev–Trinajstić information content (AvgIpc) is 2.97. The van der Waals surface area contributed by atoms with E-state index in [1.165, 1.54) is 7.11 Å². The molecule has 0 bridgehead atoms. The van der Waals surface area contributed by atoms with Gasteiger partial charge in [-0.2, -0.15) is 0 Å². The van der Waals surface area contributed by atoms with Crippen molar-refractivity contribution in [2.24, 2.45) is 7.05 Å². The molecule has 3 aromatic rings. The SMILES string of the molecule is CCCNc1cccc2nc(Nc3ccc(C(=O)OC)cc3C)n(C)c12. The molecular formula is C20H24N4O2. The van der Waals surface area contributed by atoms with Gasteiger partial charge in [-0.15, -0.1) is 0 Å². The summed E-state index contributed by atoms with van der Waals surface area (Å²) < 4.78 is 6.81. The van der Waals surface area contributed by atoms with E-state index in [9.17, 15) is 4.79 Å². The van der Waals surface area contributed by atoms with E-state index in [4.69, 9.17) is 9.72 Å². The maximum absolute atomic E-state index is 11.7. The van der Waals surface area contributed by atoms with E-state index in [0.717, 1.165) is 46.9 Å². The van der Waals surface area contributed by atoms with Gasteiger partial charge in [0.05, 0.1) is 29.4 Å². The zero-order valence-corrected chi connectivity index (χ0v) is 15.6. The molecule has 0 fully saturated rings. The van der Waals surface area contributed by atoms with E-state index in [1.807, 2.05) is 42.8 Å². The van der Waals surface area contributed by atoms with Gasteiger partial charge in [0, 0.05) is 19.3 Å². The molecule has 6 heteroatoms. The highest BCUT2D eigenvalue weighted by molar-refractivity contribution is 5.92. The normalized spacial score (nSPS) is 10.8. The fourth-order valence-corrected chi connectivity index (χ4v) is 2.95. The number of benzene rings is 2. The standard InChI is InChI=1S/C20H24N4O2/c1-5-11-21-16-7-6-8-17-18(16)24(3)20(23-17)22-15-10-9-14(12-13(15)2)19(25)26-4/h6-10,12,21H,5,11H2,1-4H3,(H,22,23). The zero-order chi connectivity index (χ0) is 18.7. The minimum absolute atomic E-state index is 0.339. The fraction of sp³-hybridized carbons (Fsp3) is 0.300. The molecule has 136 valence electrons. The Labute approximate surface area is 153 Å². The first kappa shape index (κ1) is 17.8.